The van der Waals surface area contributed by atoms with E-state index in [1.54, 1.807) is 26.8 Å². The van der Waals surface area contributed by atoms with Crippen molar-refractivity contribution in [2.75, 3.05) is 6.26 Å². The molecule has 2 heterocycles. The van der Waals surface area contributed by atoms with Crippen LogP contribution in [0.25, 0.3) is 0 Å². The first-order valence-electron chi connectivity index (χ1n) is 16.4. The van der Waals surface area contributed by atoms with E-state index in [-0.39, 0.29) is 23.9 Å². The summed E-state index contributed by atoms with van der Waals surface area (Å²) in [5.74, 6) is 1.16. The van der Waals surface area contributed by atoms with E-state index in [1.165, 1.54) is 6.26 Å². The number of nitrogens with one attached hydrogen (secondary N) is 1. The van der Waals surface area contributed by atoms with Crippen LogP contribution in [0.2, 0.25) is 0 Å². The van der Waals surface area contributed by atoms with Crippen molar-refractivity contribution in [3.05, 3.63) is 58.7 Å². The molecular formula is C36H48N2O7S. The summed E-state index contributed by atoms with van der Waals surface area (Å²) in [7, 11) is -3.41. The highest BCUT2D eigenvalue weighted by Gasteiger charge is 2.68. The van der Waals surface area contributed by atoms with Gasteiger partial charge in [0.1, 0.15) is 29.3 Å². The summed E-state index contributed by atoms with van der Waals surface area (Å²) in [6, 6.07) is 11.5. The molecule has 0 saturated heterocycles. The van der Waals surface area contributed by atoms with Gasteiger partial charge in [-0.15, -0.1) is 0 Å². The van der Waals surface area contributed by atoms with Crippen LogP contribution in [0.5, 0.6) is 11.5 Å². The first kappa shape index (κ1) is 32.8. The minimum Gasteiger partial charge on any atom is -0.488 e. The number of ether oxygens (including phenoxy) is 3. The SMILES string of the molecule is C[C@H]1CC[C@H]2C(C)(C)[C@@H](NS(C)(=O)=O)CC[C@]23Oc2c(c(OCc4ccccc4)cc4c2CN(C(=O)OC(C)(C)C)C4=O)C[C@]13C. The highest BCUT2D eigenvalue weighted by atomic mass is 32.2. The number of hydrogen-bond acceptors (Lipinski definition) is 7. The van der Waals surface area contributed by atoms with E-state index in [0.717, 1.165) is 28.9 Å². The number of benzene rings is 2. The normalized spacial score (nSPS) is 30.0. The summed E-state index contributed by atoms with van der Waals surface area (Å²) in [6.45, 7) is 14.6. The number of hydrogen-bond donors (Lipinski definition) is 1. The number of rotatable bonds is 5. The highest BCUT2D eigenvalue weighted by molar-refractivity contribution is 7.88. The molecule has 2 aromatic carbocycles. The van der Waals surface area contributed by atoms with Crippen LogP contribution in [0.15, 0.2) is 36.4 Å². The lowest BCUT2D eigenvalue weighted by molar-refractivity contribution is -0.215. The first-order valence-corrected chi connectivity index (χ1v) is 18.3. The maximum Gasteiger partial charge on any atom is 0.417 e. The molecule has 1 spiro atoms. The van der Waals surface area contributed by atoms with Crippen molar-refractivity contribution < 1.29 is 32.2 Å². The maximum absolute atomic E-state index is 13.8. The predicted molar refractivity (Wildman–Crippen MR) is 175 cm³/mol. The molecule has 10 heteroatoms. The number of carbonyl (C=O) groups excluding carboxylic acids is 2. The molecule has 2 amide bonds. The van der Waals surface area contributed by atoms with E-state index in [9.17, 15) is 18.0 Å². The zero-order chi connectivity index (χ0) is 33.4. The lowest BCUT2D eigenvalue weighted by Gasteiger charge is -2.67. The van der Waals surface area contributed by atoms with Crippen LogP contribution >= 0.6 is 0 Å². The number of carbonyl (C=O) groups is 2. The van der Waals surface area contributed by atoms with E-state index in [2.05, 4.69) is 32.4 Å². The zero-order valence-corrected chi connectivity index (χ0v) is 29.2. The van der Waals surface area contributed by atoms with Gasteiger partial charge in [0.05, 0.1) is 18.4 Å². The third kappa shape index (κ3) is 5.39. The van der Waals surface area contributed by atoms with E-state index >= 15 is 0 Å². The Hall–Kier alpha value is -3.11. The van der Waals surface area contributed by atoms with E-state index in [1.807, 2.05) is 30.3 Å². The number of imide groups is 1. The van der Waals surface area contributed by atoms with Crippen molar-refractivity contribution in [2.24, 2.45) is 22.7 Å². The fourth-order valence-electron chi connectivity index (χ4n) is 8.83. The molecule has 250 valence electrons. The van der Waals surface area contributed by atoms with Gasteiger partial charge < -0.3 is 14.2 Å². The lowest BCUT2D eigenvalue weighted by Crippen LogP contribution is -2.71. The number of sulfonamides is 1. The first-order chi connectivity index (χ1) is 21.4. The Kier molecular flexibility index (Phi) is 7.83. The zero-order valence-electron chi connectivity index (χ0n) is 28.4. The van der Waals surface area contributed by atoms with E-state index < -0.39 is 38.6 Å². The number of fused-ring (bicyclic) bond motifs is 3. The molecule has 1 N–H and O–H groups in total. The monoisotopic (exact) mass is 652 g/mol. The van der Waals surface area contributed by atoms with E-state index in [4.69, 9.17) is 14.2 Å². The molecule has 2 aliphatic carbocycles. The average molecular weight is 653 g/mol. The lowest BCUT2D eigenvalue weighted by atomic mass is 9.43. The molecule has 4 aliphatic rings. The standard InChI is InChI=1S/C36H48N2O7S/c1-22-14-15-28-34(5,6)29(37-46(8,41)42)16-17-36(28)35(22,7)19-25-27(43-21-23-12-10-9-11-13-23)18-24-26(30(25)44-36)20-38(31(24)39)32(40)45-33(2,3)4/h9-13,18,22,28-29,37H,14-17,19-21H2,1-8H3/t22-,28-,29-,35+,36-/m0/s1. The minimum absolute atomic E-state index is 0.0472. The van der Waals surface area contributed by atoms with Gasteiger partial charge in [-0.2, -0.15) is 0 Å². The Labute approximate surface area is 273 Å². The average Bonchev–Trinajstić information content (AvgIpc) is 3.28. The van der Waals surface area contributed by atoms with Gasteiger partial charge in [-0.3, -0.25) is 4.79 Å². The minimum atomic E-state index is -3.41. The molecule has 2 aromatic rings. The molecule has 2 fully saturated rings. The second-order valence-electron chi connectivity index (χ2n) is 15.8. The van der Waals surface area contributed by atoms with Gasteiger partial charge in [0.2, 0.25) is 10.0 Å². The maximum atomic E-state index is 13.8. The molecule has 0 unspecified atom stereocenters. The van der Waals surface area contributed by atoms with Crippen LogP contribution < -0.4 is 14.2 Å². The van der Waals surface area contributed by atoms with Gasteiger partial charge in [0.15, 0.2) is 0 Å². The van der Waals surface area contributed by atoms with Crippen molar-refractivity contribution in [3.63, 3.8) is 0 Å². The molecule has 9 nitrogen and oxygen atoms in total. The molecule has 5 atom stereocenters. The summed E-state index contributed by atoms with van der Waals surface area (Å²) in [5.41, 5.74) is 0.936. The van der Waals surface area contributed by atoms with Gasteiger partial charge in [0.25, 0.3) is 5.91 Å². The molecule has 2 aliphatic heterocycles. The van der Waals surface area contributed by atoms with Gasteiger partial charge in [0, 0.05) is 28.5 Å². The van der Waals surface area contributed by atoms with Crippen molar-refractivity contribution in [1.82, 2.24) is 9.62 Å². The second-order valence-corrected chi connectivity index (χ2v) is 17.6. The summed E-state index contributed by atoms with van der Waals surface area (Å²) >= 11 is 0. The van der Waals surface area contributed by atoms with Crippen molar-refractivity contribution in [1.29, 1.82) is 0 Å². The van der Waals surface area contributed by atoms with Gasteiger partial charge in [-0.05, 0) is 75.8 Å². The third-order valence-electron chi connectivity index (χ3n) is 11.4. The largest absolute Gasteiger partial charge is 0.488 e. The fraction of sp³-hybridized carbons (Fsp3) is 0.611. The van der Waals surface area contributed by atoms with Crippen LogP contribution in [-0.4, -0.2) is 48.8 Å². The molecule has 46 heavy (non-hydrogen) atoms. The molecule has 2 saturated carbocycles. The second kappa shape index (κ2) is 11.0. The smallest absolute Gasteiger partial charge is 0.417 e. The van der Waals surface area contributed by atoms with Gasteiger partial charge in [-0.25, -0.2) is 22.8 Å². The number of amides is 2. The Morgan fingerprint density at radius 2 is 1.78 bits per heavy atom. The van der Waals surface area contributed by atoms with Crippen LogP contribution in [-0.2, 0) is 34.3 Å². The predicted octanol–water partition coefficient (Wildman–Crippen LogP) is 6.62. The Morgan fingerprint density at radius 1 is 1.09 bits per heavy atom. The topological polar surface area (TPSA) is 111 Å². The third-order valence-corrected chi connectivity index (χ3v) is 12.1. The Morgan fingerprint density at radius 3 is 2.43 bits per heavy atom. The summed E-state index contributed by atoms with van der Waals surface area (Å²) in [6.07, 6.45) is 4.40. The molecule has 6 rings (SSSR count). The molecular weight excluding hydrogens is 604 g/mol. The van der Waals surface area contributed by atoms with Crippen LogP contribution in [0, 0.1) is 22.7 Å². The van der Waals surface area contributed by atoms with Crippen molar-refractivity contribution in [3.8, 4) is 11.5 Å². The fourth-order valence-corrected chi connectivity index (χ4v) is 9.77. The van der Waals surface area contributed by atoms with Crippen molar-refractivity contribution >= 4 is 22.0 Å². The molecule has 0 aromatic heterocycles. The molecule has 0 radical (unpaired) electrons. The van der Waals surface area contributed by atoms with Gasteiger partial charge in [-0.1, -0.05) is 58.0 Å². The number of nitrogens with zero attached hydrogens (tertiary/aromatic N) is 1. The van der Waals surface area contributed by atoms with Crippen LogP contribution in [0.4, 0.5) is 4.79 Å². The highest BCUT2D eigenvalue weighted by Crippen LogP contribution is 2.67. The summed E-state index contributed by atoms with van der Waals surface area (Å²) in [4.78, 5) is 28.2. The van der Waals surface area contributed by atoms with Crippen molar-refractivity contribution in [2.45, 2.75) is 111 Å². The quantitative estimate of drug-likeness (QED) is 0.387. The summed E-state index contributed by atoms with van der Waals surface area (Å²) in [5, 5.41) is 0. The Bertz CT molecular complexity index is 1670. The molecule has 0 bridgehead atoms. The van der Waals surface area contributed by atoms with E-state index in [0.29, 0.717) is 54.4 Å². The summed E-state index contributed by atoms with van der Waals surface area (Å²) < 4.78 is 47.3. The van der Waals surface area contributed by atoms with Crippen LogP contribution in [0.1, 0.15) is 101 Å². The van der Waals surface area contributed by atoms with Gasteiger partial charge >= 0.3 is 6.09 Å². The van der Waals surface area contributed by atoms with Crippen LogP contribution in [0.3, 0.4) is 0 Å². The Balaban J connectivity index is 1.47.